The van der Waals surface area contributed by atoms with E-state index >= 15 is 0 Å². The molecule has 4 N–H and O–H groups in total. The number of ether oxygens (including phenoxy) is 1. The van der Waals surface area contributed by atoms with Gasteiger partial charge >= 0.3 is 12.0 Å². The maximum absolute atomic E-state index is 13.0. The van der Waals surface area contributed by atoms with E-state index in [9.17, 15) is 27.9 Å². The highest BCUT2D eigenvalue weighted by Gasteiger charge is 2.33. The number of hydrogen-bond donors (Lipinski definition) is 4. The quantitative estimate of drug-likeness (QED) is 0.357. The molecule has 2 aromatic carbocycles. The molecule has 206 valence electrons. The Hall–Kier alpha value is -3.60. The van der Waals surface area contributed by atoms with Crippen LogP contribution < -0.4 is 20.1 Å². The molecule has 0 aromatic heterocycles. The summed E-state index contributed by atoms with van der Waals surface area (Å²) in [7, 11) is -2.58. The van der Waals surface area contributed by atoms with E-state index in [1.54, 1.807) is 38.1 Å². The largest absolute Gasteiger partial charge is 0.497 e. The van der Waals surface area contributed by atoms with Crippen molar-refractivity contribution in [2.45, 2.75) is 68.7 Å². The van der Waals surface area contributed by atoms with E-state index in [1.165, 1.54) is 25.3 Å². The van der Waals surface area contributed by atoms with E-state index < -0.39 is 27.4 Å². The second-order valence-electron chi connectivity index (χ2n) is 9.91. The summed E-state index contributed by atoms with van der Waals surface area (Å²) in [6.07, 6.45) is 5.27. The third kappa shape index (κ3) is 7.25. The van der Waals surface area contributed by atoms with E-state index in [0.29, 0.717) is 17.7 Å². The van der Waals surface area contributed by atoms with Crippen LogP contribution in [-0.4, -0.2) is 51.1 Å². The molecule has 3 rings (SSSR count). The first-order chi connectivity index (χ1) is 17.9. The molecule has 2 aromatic rings. The number of aromatic carboxylic acids is 1. The van der Waals surface area contributed by atoms with Crippen molar-refractivity contribution in [2.75, 3.05) is 13.7 Å². The summed E-state index contributed by atoms with van der Waals surface area (Å²) in [5, 5.41) is 15.2. The number of carbonyl (C=O) groups is 3. The van der Waals surface area contributed by atoms with Gasteiger partial charge in [-0.25, -0.2) is 22.7 Å². The smallest absolute Gasteiger partial charge is 0.336 e. The van der Waals surface area contributed by atoms with Crippen molar-refractivity contribution < 1.29 is 32.6 Å². The Morgan fingerprint density at radius 1 is 1.03 bits per heavy atom. The van der Waals surface area contributed by atoms with E-state index in [4.69, 9.17) is 4.74 Å². The fourth-order valence-corrected chi connectivity index (χ4v) is 5.43. The van der Waals surface area contributed by atoms with Gasteiger partial charge in [-0.2, -0.15) is 0 Å². The molecule has 1 aliphatic rings. The molecule has 1 aliphatic carbocycles. The maximum atomic E-state index is 13.0. The molecule has 38 heavy (non-hydrogen) atoms. The van der Waals surface area contributed by atoms with Crippen molar-refractivity contribution in [1.82, 2.24) is 15.4 Å². The number of methoxy groups -OCH3 is 1. The second kappa shape index (κ2) is 12.3. The highest BCUT2D eigenvalue weighted by atomic mass is 32.2. The lowest BCUT2D eigenvalue weighted by molar-refractivity contribution is -0.125. The number of nitrogens with one attached hydrogen (secondary N) is 3. The van der Waals surface area contributed by atoms with Crippen LogP contribution in [0.15, 0.2) is 47.4 Å². The Morgan fingerprint density at radius 3 is 2.29 bits per heavy atom. The van der Waals surface area contributed by atoms with E-state index in [2.05, 4.69) is 15.4 Å². The monoisotopic (exact) mass is 545 g/mol. The van der Waals surface area contributed by atoms with Gasteiger partial charge in [0.25, 0.3) is 10.0 Å². The van der Waals surface area contributed by atoms with Crippen LogP contribution in [0.25, 0.3) is 0 Å². The van der Waals surface area contributed by atoms with Crippen LogP contribution in [0.3, 0.4) is 0 Å². The van der Waals surface area contributed by atoms with E-state index in [0.717, 1.165) is 37.7 Å². The van der Waals surface area contributed by atoms with Gasteiger partial charge in [-0.15, -0.1) is 0 Å². The number of amides is 3. The number of urea groups is 1. The third-order valence-electron chi connectivity index (χ3n) is 6.80. The Labute approximate surface area is 223 Å². The fraction of sp³-hybridized carbons (Fsp3) is 0.444. The van der Waals surface area contributed by atoms with Crippen LogP contribution in [0.4, 0.5) is 4.79 Å². The predicted molar refractivity (Wildman–Crippen MR) is 142 cm³/mol. The first-order valence-corrected chi connectivity index (χ1v) is 14.0. The molecule has 0 radical (unpaired) electrons. The lowest BCUT2D eigenvalue weighted by atomic mass is 9.80. The molecule has 0 heterocycles. The van der Waals surface area contributed by atoms with E-state index in [1.807, 2.05) is 0 Å². The number of carboxylic acids is 1. The minimum atomic E-state index is -4.02. The summed E-state index contributed by atoms with van der Waals surface area (Å²) in [5.41, 5.74) is 0.00604. The first-order valence-electron chi connectivity index (χ1n) is 12.6. The number of hydrogen-bond acceptors (Lipinski definition) is 6. The SMILES string of the molecule is COc1ccc(C(C)(C)C(=O)NCCc2ccc(S(=O)(=O)NC(=O)NC3CCCCC3)cc2)c(C(=O)O)c1. The van der Waals surface area contributed by atoms with Crippen LogP contribution in [-0.2, 0) is 26.7 Å². The Bertz CT molecular complexity index is 1270. The van der Waals surface area contributed by atoms with Crippen LogP contribution in [0.2, 0.25) is 0 Å². The molecule has 0 unspecified atom stereocenters. The van der Waals surface area contributed by atoms with Gasteiger partial charge < -0.3 is 20.5 Å². The van der Waals surface area contributed by atoms with Crippen molar-refractivity contribution in [1.29, 1.82) is 0 Å². The molecule has 11 heteroatoms. The summed E-state index contributed by atoms with van der Waals surface area (Å²) >= 11 is 0. The molecule has 0 aliphatic heterocycles. The zero-order valence-electron chi connectivity index (χ0n) is 21.9. The maximum Gasteiger partial charge on any atom is 0.336 e. The highest BCUT2D eigenvalue weighted by molar-refractivity contribution is 7.90. The molecule has 1 saturated carbocycles. The second-order valence-corrected chi connectivity index (χ2v) is 11.6. The van der Waals surface area contributed by atoms with Gasteiger partial charge in [-0.1, -0.05) is 37.5 Å². The first kappa shape index (κ1) is 29.0. The predicted octanol–water partition coefficient (Wildman–Crippen LogP) is 3.35. The van der Waals surface area contributed by atoms with Crippen LogP contribution in [0.1, 0.15) is 67.4 Å². The zero-order valence-corrected chi connectivity index (χ0v) is 22.7. The summed E-state index contributed by atoms with van der Waals surface area (Å²) < 4.78 is 32.3. The Balaban J connectivity index is 1.56. The average Bonchev–Trinajstić information content (AvgIpc) is 2.88. The number of carbonyl (C=O) groups excluding carboxylic acids is 2. The molecule has 0 bridgehead atoms. The highest BCUT2D eigenvalue weighted by Crippen LogP contribution is 2.30. The molecular formula is C27H35N3O7S. The lowest BCUT2D eigenvalue weighted by Gasteiger charge is -2.26. The standard InChI is InChI=1S/C27H35N3O7S/c1-27(2,23-14-11-20(37-3)17-22(23)24(31)32)25(33)28-16-15-18-9-12-21(13-10-18)38(35,36)30-26(34)29-19-7-5-4-6-8-19/h9-14,17,19H,4-8,15-16H2,1-3H3,(H,28,33)(H,31,32)(H2,29,30,34). The minimum Gasteiger partial charge on any atom is -0.497 e. The Kier molecular flexibility index (Phi) is 9.37. The summed E-state index contributed by atoms with van der Waals surface area (Å²) in [6.45, 7) is 3.55. The van der Waals surface area contributed by atoms with Gasteiger partial charge in [0, 0.05) is 12.6 Å². The van der Waals surface area contributed by atoms with Crippen LogP contribution >= 0.6 is 0 Å². The van der Waals surface area contributed by atoms with Crippen molar-refractivity contribution in [2.24, 2.45) is 0 Å². The van der Waals surface area contributed by atoms with Crippen molar-refractivity contribution in [3.05, 3.63) is 59.2 Å². The Morgan fingerprint density at radius 2 is 1.68 bits per heavy atom. The molecule has 1 fully saturated rings. The molecular weight excluding hydrogens is 510 g/mol. The topological polar surface area (TPSA) is 151 Å². The zero-order chi connectivity index (χ0) is 27.9. The number of rotatable bonds is 10. The van der Waals surface area contributed by atoms with Crippen molar-refractivity contribution in [3.8, 4) is 5.75 Å². The minimum absolute atomic E-state index is 0.0117. The van der Waals surface area contributed by atoms with E-state index in [-0.39, 0.29) is 29.0 Å². The van der Waals surface area contributed by atoms with Gasteiger partial charge in [0.05, 0.1) is 23.0 Å². The summed E-state index contributed by atoms with van der Waals surface area (Å²) in [6, 6.07) is 9.90. The fourth-order valence-electron chi connectivity index (χ4n) is 4.51. The van der Waals surface area contributed by atoms with Gasteiger partial charge in [0.1, 0.15) is 5.75 Å². The molecule has 0 saturated heterocycles. The molecule has 3 amide bonds. The molecule has 0 spiro atoms. The average molecular weight is 546 g/mol. The normalized spacial score (nSPS) is 14.4. The van der Waals surface area contributed by atoms with Gasteiger partial charge in [-0.3, -0.25) is 4.79 Å². The molecule has 10 nitrogen and oxygen atoms in total. The van der Waals surface area contributed by atoms with Gasteiger partial charge in [0.2, 0.25) is 5.91 Å². The van der Waals surface area contributed by atoms with Crippen LogP contribution in [0.5, 0.6) is 5.75 Å². The number of sulfonamides is 1. The van der Waals surface area contributed by atoms with Gasteiger partial charge in [0.15, 0.2) is 0 Å². The van der Waals surface area contributed by atoms with Crippen molar-refractivity contribution >= 4 is 27.9 Å². The summed E-state index contributed by atoms with van der Waals surface area (Å²) in [5.74, 6) is -1.12. The summed E-state index contributed by atoms with van der Waals surface area (Å²) in [4.78, 5) is 36.8. The number of benzene rings is 2. The lowest BCUT2D eigenvalue weighted by Crippen LogP contribution is -2.45. The third-order valence-corrected chi connectivity index (χ3v) is 8.15. The molecule has 0 atom stereocenters. The van der Waals surface area contributed by atoms with Crippen molar-refractivity contribution in [3.63, 3.8) is 0 Å². The number of carboxylic acid groups (broad SMARTS) is 1. The van der Waals surface area contributed by atoms with Crippen LogP contribution in [0, 0.1) is 0 Å². The van der Waals surface area contributed by atoms with Gasteiger partial charge in [-0.05, 0) is 68.5 Å².